The van der Waals surface area contributed by atoms with E-state index in [4.69, 9.17) is 4.74 Å². The lowest BCUT2D eigenvalue weighted by atomic mass is 9.95. The van der Waals surface area contributed by atoms with Gasteiger partial charge in [-0.25, -0.2) is 4.39 Å². The van der Waals surface area contributed by atoms with Gasteiger partial charge in [0.05, 0.1) is 6.61 Å². The van der Waals surface area contributed by atoms with Crippen molar-refractivity contribution in [3.05, 3.63) is 29.1 Å². The molecule has 0 amide bonds. The minimum atomic E-state index is -0.0979. The molecule has 0 aliphatic carbocycles. The van der Waals surface area contributed by atoms with E-state index in [1.807, 2.05) is 13.8 Å². The summed E-state index contributed by atoms with van der Waals surface area (Å²) in [5, 5.41) is 0. The van der Waals surface area contributed by atoms with Crippen LogP contribution in [0.5, 0.6) is 5.75 Å². The number of hydrogen-bond acceptors (Lipinski definition) is 1. The van der Waals surface area contributed by atoms with Crippen molar-refractivity contribution in [2.45, 2.75) is 26.2 Å². The van der Waals surface area contributed by atoms with Crippen LogP contribution in [0.15, 0.2) is 12.1 Å². The van der Waals surface area contributed by atoms with Crippen LogP contribution in [0.3, 0.4) is 0 Å². The second-order valence-electron chi connectivity index (χ2n) is 3.69. The quantitative estimate of drug-likeness (QED) is 0.645. The van der Waals surface area contributed by atoms with Crippen molar-refractivity contribution in [1.29, 1.82) is 0 Å². The van der Waals surface area contributed by atoms with Crippen molar-refractivity contribution >= 4 is 0 Å². The normalized spacial score (nSPS) is 14.5. The molecular weight excluding hydrogens is 167 g/mol. The highest BCUT2D eigenvalue weighted by Crippen LogP contribution is 2.34. The Morgan fingerprint density at radius 1 is 1.38 bits per heavy atom. The summed E-state index contributed by atoms with van der Waals surface area (Å²) in [5.41, 5.74) is 1.89. The summed E-state index contributed by atoms with van der Waals surface area (Å²) in [6, 6.07) is 3.23. The molecule has 2 rings (SSSR count). The van der Waals surface area contributed by atoms with Crippen LogP contribution < -0.4 is 4.74 Å². The fraction of sp³-hybridized carbons (Fsp3) is 0.455. The molecule has 0 bridgehead atoms. The van der Waals surface area contributed by atoms with Gasteiger partial charge in [-0.2, -0.15) is 0 Å². The van der Waals surface area contributed by atoms with Gasteiger partial charge in [0.2, 0.25) is 0 Å². The zero-order valence-electron chi connectivity index (χ0n) is 7.93. The zero-order chi connectivity index (χ0) is 9.42. The Kier molecular flexibility index (Phi) is 1.98. The van der Waals surface area contributed by atoms with Gasteiger partial charge in [-0.15, -0.1) is 0 Å². The topological polar surface area (TPSA) is 9.23 Å². The molecule has 1 nitrogen and oxygen atoms in total. The highest BCUT2D eigenvalue weighted by Gasteiger charge is 2.20. The van der Waals surface area contributed by atoms with Crippen molar-refractivity contribution in [2.75, 3.05) is 6.61 Å². The smallest absolute Gasteiger partial charge is 0.127 e. The average molecular weight is 180 g/mol. The molecule has 0 saturated carbocycles. The summed E-state index contributed by atoms with van der Waals surface area (Å²) in [4.78, 5) is 0. The Morgan fingerprint density at radius 2 is 2.15 bits per heavy atom. The van der Waals surface area contributed by atoms with Gasteiger partial charge in [0, 0.05) is 12.0 Å². The van der Waals surface area contributed by atoms with E-state index in [0.29, 0.717) is 6.61 Å². The Bertz CT molecular complexity index is 331. The Hall–Kier alpha value is -1.05. The largest absolute Gasteiger partial charge is 0.493 e. The van der Waals surface area contributed by atoms with Crippen LogP contribution >= 0.6 is 0 Å². The number of hydrogen-bond donors (Lipinski definition) is 0. The summed E-state index contributed by atoms with van der Waals surface area (Å²) in [5.74, 6) is 1.00. The van der Waals surface area contributed by atoms with E-state index in [1.165, 1.54) is 6.07 Å². The molecule has 1 aromatic rings. The second kappa shape index (κ2) is 3.02. The lowest BCUT2D eigenvalue weighted by Gasteiger charge is -2.11. The van der Waals surface area contributed by atoms with E-state index in [9.17, 15) is 4.39 Å². The highest BCUT2D eigenvalue weighted by molar-refractivity contribution is 5.44. The van der Waals surface area contributed by atoms with Crippen molar-refractivity contribution < 1.29 is 9.13 Å². The molecule has 2 heteroatoms. The van der Waals surface area contributed by atoms with Crippen molar-refractivity contribution in [3.8, 4) is 5.75 Å². The zero-order valence-corrected chi connectivity index (χ0v) is 7.93. The standard InChI is InChI=1S/C11H13FO/c1-7(2)11-8-5-6-13-10(8)4-3-9(11)12/h3-4,7H,5-6H2,1-2H3. The van der Waals surface area contributed by atoms with E-state index < -0.39 is 0 Å². The molecule has 1 aliphatic rings. The summed E-state index contributed by atoms with van der Waals surface area (Å²) >= 11 is 0. The molecule has 13 heavy (non-hydrogen) atoms. The molecule has 0 spiro atoms. The maximum atomic E-state index is 13.4. The van der Waals surface area contributed by atoms with Crippen molar-refractivity contribution in [3.63, 3.8) is 0 Å². The monoisotopic (exact) mass is 180 g/mol. The first-order valence-corrected chi connectivity index (χ1v) is 4.64. The summed E-state index contributed by atoms with van der Waals surface area (Å²) in [7, 11) is 0. The predicted molar refractivity (Wildman–Crippen MR) is 49.7 cm³/mol. The van der Waals surface area contributed by atoms with Crippen LogP contribution in [0.25, 0.3) is 0 Å². The Labute approximate surface area is 77.5 Å². The fourth-order valence-corrected chi connectivity index (χ4v) is 1.90. The molecule has 70 valence electrons. The minimum absolute atomic E-state index is 0.0979. The number of fused-ring (bicyclic) bond motifs is 1. The van der Waals surface area contributed by atoms with Gasteiger partial charge >= 0.3 is 0 Å². The van der Waals surface area contributed by atoms with Crippen LogP contribution in [0, 0.1) is 5.82 Å². The first kappa shape index (κ1) is 8.54. The molecule has 1 aromatic carbocycles. The number of benzene rings is 1. The molecule has 0 aromatic heterocycles. The fourth-order valence-electron chi connectivity index (χ4n) is 1.90. The van der Waals surface area contributed by atoms with Crippen molar-refractivity contribution in [2.24, 2.45) is 0 Å². The van der Waals surface area contributed by atoms with Gasteiger partial charge in [-0.3, -0.25) is 0 Å². The SMILES string of the molecule is CC(C)c1c(F)ccc2c1CCO2. The molecule has 0 atom stereocenters. The average Bonchev–Trinajstić information content (AvgIpc) is 2.50. The number of rotatable bonds is 1. The van der Waals surface area contributed by atoms with E-state index in [1.54, 1.807) is 6.07 Å². The maximum absolute atomic E-state index is 13.4. The van der Waals surface area contributed by atoms with Crippen LogP contribution in [0.2, 0.25) is 0 Å². The molecular formula is C11H13FO. The van der Waals surface area contributed by atoms with Crippen LogP contribution in [-0.4, -0.2) is 6.61 Å². The predicted octanol–water partition coefficient (Wildman–Crippen LogP) is 2.88. The molecule has 0 saturated heterocycles. The van der Waals surface area contributed by atoms with E-state index >= 15 is 0 Å². The maximum Gasteiger partial charge on any atom is 0.127 e. The number of ether oxygens (including phenoxy) is 1. The van der Waals surface area contributed by atoms with Crippen LogP contribution in [-0.2, 0) is 6.42 Å². The lowest BCUT2D eigenvalue weighted by Crippen LogP contribution is -1.98. The van der Waals surface area contributed by atoms with E-state index in [-0.39, 0.29) is 11.7 Å². The van der Waals surface area contributed by atoms with Gasteiger partial charge < -0.3 is 4.74 Å². The summed E-state index contributed by atoms with van der Waals surface area (Å²) in [6.07, 6.45) is 0.848. The Balaban J connectivity index is 2.58. The Morgan fingerprint density at radius 3 is 2.85 bits per heavy atom. The third kappa shape index (κ3) is 1.30. The van der Waals surface area contributed by atoms with E-state index in [2.05, 4.69) is 0 Å². The third-order valence-electron chi connectivity index (χ3n) is 2.45. The third-order valence-corrected chi connectivity index (χ3v) is 2.45. The van der Waals surface area contributed by atoms with Crippen LogP contribution in [0.4, 0.5) is 4.39 Å². The highest BCUT2D eigenvalue weighted by atomic mass is 19.1. The van der Waals surface area contributed by atoms with Gasteiger partial charge in [0.25, 0.3) is 0 Å². The molecule has 0 N–H and O–H groups in total. The van der Waals surface area contributed by atoms with E-state index in [0.717, 1.165) is 23.3 Å². The first-order valence-electron chi connectivity index (χ1n) is 4.64. The number of halogens is 1. The molecule has 1 aliphatic heterocycles. The summed E-state index contributed by atoms with van der Waals surface area (Å²) < 4.78 is 18.8. The van der Waals surface area contributed by atoms with Gasteiger partial charge in [0.15, 0.2) is 0 Å². The second-order valence-corrected chi connectivity index (χ2v) is 3.69. The summed E-state index contributed by atoms with van der Waals surface area (Å²) in [6.45, 7) is 4.71. The first-order chi connectivity index (χ1) is 6.20. The molecule has 1 heterocycles. The van der Waals surface area contributed by atoms with Gasteiger partial charge in [0.1, 0.15) is 11.6 Å². The lowest BCUT2D eigenvalue weighted by molar-refractivity contribution is 0.356. The van der Waals surface area contributed by atoms with Crippen LogP contribution in [0.1, 0.15) is 30.9 Å². The molecule has 0 fully saturated rings. The van der Waals surface area contributed by atoms with Crippen molar-refractivity contribution in [1.82, 2.24) is 0 Å². The minimum Gasteiger partial charge on any atom is -0.493 e. The molecule has 0 unspecified atom stereocenters. The van der Waals surface area contributed by atoms with Gasteiger partial charge in [-0.05, 0) is 23.6 Å². The molecule has 0 radical (unpaired) electrons. The van der Waals surface area contributed by atoms with Gasteiger partial charge in [-0.1, -0.05) is 13.8 Å².